The third kappa shape index (κ3) is 2.80. The van der Waals surface area contributed by atoms with E-state index in [1.54, 1.807) is 24.2 Å². The van der Waals surface area contributed by atoms with Crippen LogP contribution in [0.4, 0.5) is 0 Å². The van der Waals surface area contributed by atoms with Crippen molar-refractivity contribution in [2.75, 3.05) is 19.7 Å². The Hall–Kier alpha value is -0.390. The number of nitrogens with zero attached hydrogens (tertiary/aromatic N) is 1. The Labute approximate surface area is 91.6 Å². The topological polar surface area (TPSA) is 57.6 Å². The molecule has 1 saturated heterocycles. The molecule has 0 saturated carbocycles. The molecule has 5 heteroatoms. The normalized spacial score (nSPS) is 21.9. The summed E-state index contributed by atoms with van der Waals surface area (Å²) < 4.78 is 25.7. The molecule has 1 heterocycles. The van der Waals surface area contributed by atoms with Crippen LogP contribution in [0.2, 0.25) is 0 Å². The molecule has 1 rings (SSSR count). The lowest BCUT2D eigenvalue weighted by Crippen LogP contribution is -2.36. The summed E-state index contributed by atoms with van der Waals surface area (Å²) in [7, 11) is -3.21. The van der Waals surface area contributed by atoms with E-state index in [0.717, 1.165) is 12.8 Å². The molecular formula is C10H19NO3S. The van der Waals surface area contributed by atoms with Crippen LogP contribution in [-0.4, -0.2) is 42.8 Å². The van der Waals surface area contributed by atoms with Gasteiger partial charge in [0.2, 0.25) is 10.0 Å². The second kappa shape index (κ2) is 5.09. The van der Waals surface area contributed by atoms with Gasteiger partial charge in [-0.2, -0.15) is 0 Å². The van der Waals surface area contributed by atoms with Gasteiger partial charge in [0.1, 0.15) is 0 Å². The summed E-state index contributed by atoms with van der Waals surface area (Å²) in [5, 5.41) is 8.21. The molecule has 0 radical (unpaired) electrons. The van der Waals surface area contributed by atoms with Gasteiger partial charge in [0.05, 0.1) is 11.9 Å². The summed E-state index contributed by atoms with van der Waals surface area (Å²) in [6.07, 6.45) is 3.46. The number of aliphatic hydroxyl groups excluding tert-OH is 1. The number of sulfonamides is 1. The molecule has 15 heavy (non-hydrogen) atoms. The second-order valence-electron chi connectivity index (χ2n) is 3.92. The predicted octanol–water partition coefficient (Wildman–Crippen LogP) is 0.739. The van der Waals surface area contributed by atoms with Crippen LogP contribution in [0.25, 0.3) is 0 Å². The monoisotopic (exact) mass is 233 g/mol. The van der Waals surface area contributed by atoms with Gasteiger partial charge < -0.3 is 5.11 Å². The van der Waals surface area contributed by atoms with E-state index in [-0.39, 0.29) is 6.61 Å². The molecule has 0 aliphatic carbocycles. The summed E-state index contributed by atoms with van der Waals surface area (Å²) in [5.41, 5.74) is 0.712. The molecule has 0 aromatic rings. The molecule has 1 aliphatic rings. The highest BCUT2D eigenvalue weighted by Crippen LogP contribution is 2.20. The predicted molar refractivity (Wildman–Crippen MR) is 60.0 cm³/mol. The van der Waals surface area contributed by atoms with E-state index >= 15 is 0 Å². The van der Waals surface area contributed by atoms with Crippen LogP contribution in [0.1, 0.15) is 26.7 Å². The molecule has 0 bridgehead atoms. The highest BCUT2D eigenvalue weighted by Gasteiger charge is 2.31. The highest BCUT2D eigenvalue weighted by molar-refractivity contribution is 7.89. The molecule has 1 aliphatic heterocycles. The summed E-state index contributed by atoms with van der Waals surface area (Å²) in [4.78, 5) is 0. The lowest BCUT2D eigenvalue weighted by atomic mass is 10.2. The Kier molecular flexibility index (Phi) is 4.31. The lowest BCUT2D eigenvalue weighted by molar-refractivity contribution is 0.341. The van der Waals surface area contributed by atoms with Crippen molar-refractivity contribution in [2.24, 2.45) is 0 Å². The van der Waals surface area contributed by atoms with Gasteiger partial charge in [-0.1, -0.05) is 11.6 Å². The van der Waals surface area contributed by atoms with Gasteiger partial charge in [0.25, 0.3) is 0 Å². The zero-order chi connectivity index (χ0) is 11.5. The zero-order valence-corrected chi connectivity index (χ0v) is 10.1. The van der Waals surface area contributed by atoms with Crippen molar-refractivity contribution in [1.82, 2.24) is 4.31 Å². The fourth-order valence-electron chi connectivity index (χ4n) is 1.71. The number of aliphatic hydroxyl groups is 1. The van der Waals surface area contributed by atoms with Crippen LogP contribution >= 0.6 is 0 Å². The zero-order valence-electron chi connectivity index (χ0n) is 9.31. The molecule has 0 aromatic carbocycles. The summed E-state index contributed by atoms with van der Waals surface area (Å²) in [5.74, 6) is 0. The number of hydrogen-bond donors (Lipinski definition) is 1. The van der Waals surface area contributed by atoms with E-state index in [4.69, 9.17) is 5.11 Å². The van der Waals surface area contributed by atoms with Crippen molar-refractivity contribution in [3.05, 3.63) is 11.6 Å². The van der Waals surface area contributed by atoms with Crippen LogP contribution in [0.3, 0.4) is 0 Å². The quantitative estimate of drug-likeness (QED) is 0.729. The van der Waals surface area contributed by atoms with E-state index < -0.39 is 15.3 Å². The molecular weight excluding hydrogens is 214 g/mol. The van der Waals surface area contributed by atoms with E-state index in [0.29, 0.717) is 18.7 Å². The Balaban J connectivity index is 2.81. The molecule has 1 N–H and O–H groups in total. The molecule has 1 unspecified atom stereocenters. The van der Waals surface area contributed by atoms with Crippen molar-refractivity contribution in [1.29, 1.82) is 0 Å². The Morgan fingerprint density at radius 1 is 1.47 bits per heavy atom. The van der Waals surface area contributed by atoms with Crippen molar-refractivity contribution in [3.63, 3.8) is 0 Å². The van der Waals surface area contributed by atoms with Crippen molar-refractivity contribution >= 4 is 10.0 Å². The third-order valence-electron chi connectivity index (χ3n) is 2.93. The summed E-state index contributed by atoms with van der Waals surface area (Å²) in [6.45, 7) is 4.59. The van der Waals surface area contributed by atoms with Gasteiger partial charge in [0, 0.05) is 13.1 Å². The second-order valence-corrected chi connectivity index (χ2v) is 6.18. The van der Waals surface area contributed by atoms with Crippen molar-refractivity contribution < 1.29 is 13.5 Å². The van der Waals surface area contributed by atoms with Crippen LogP contribution in [-0.2, 0) is 10.0 Å². The number of hydrogen-bond acceptors (Lipinski definition) is 3. The van der Waals surface area contributed by atoms with Crippen LogP contribution in [0.15, 0.2) is 11.6 Å². The minimum absolute atomic E-state index is 0.105. The summed E-state index contributed by atoms with van der Waals surface area (Å²) >= 11 is 0. The molecule has 0 amide bonds. The van der Waals surface area contributed by atoms with Gasteiger partial charge in [-0.25, -0.2) is 12.7 Å². The lowest BCUT2D eigenvalue weighted by Gasteiger charge is -2.21. The Morgan fingerprint density at radius 2 is 2.00 bits per heavy atom. The van der Waals surface area contributed by atoms with E-state index in [1.807, 2.05) is 0 Å². The summed E-state index contributed by atoms with van der Waals surface area (Å²) in [6, 6.07) is 0. The molecule has 1 fully saturated rings. The Morgan fingerprint density at radius 3 is 2.47 bits per heavy atom. The maximum atomic E-state index is 12.1. The third-order valence-corrected chi connectivity index (χ3v) is 5.28. The first-order valence-electron chi connectivity index (χ1n) is 5.26. The van der Waals surface area contributed by atoms with Gasteiger partial charge in [-0.15, -0.1) is 0 Å². The van der Waals surface area contributed by atoms with Crippen LogP contribution in [0.5, 0.6) is 0 Å². The van der Waals surface area contributed by atoms with Gasteiger partial charge in [0.15, 0.2) is 0 Å². The maximum Gasteiger partial charge on any atom is 0.220 e. The standard InChI is InChI=1S/C10H19NO3S/c1-9(5-8-12)10(2)15(13,14)11-6-3-4-7-11/h5,10,12H,3-4,6-8H2,1-2H3/b9-5-. The van der Waals surface area contributed by atoms with Gasteiger partial charge >= 0.3 is 0 Å². The largest absolute Gasteiger partial charge is 0.392 e. The smallest absolute Gasteiger partial charge is 0.220 e. The van der Waals surface area contributed by atoms with E-state index in [1.165, 1.54) is 0 Å². The molecule has 4 nitrogen and oxygen atoms in total. The Bertz CT molecular complexity index is 329. The molecule has 0 aromatic heterocycles. The first-order chi connectivity index (χ1) is 7.00. The van der Waals surface area contributed by atoms with Gasteiger partial charge in [-0.05, 0) is 26.7 Å². The van der Waals surface area contributed by atoms with Crippen LogP contribution in [0, 0.1) is 0 Å². The average molecular weight is 233 g/mol. The highest BCUT2D eigenvalue weighted by atomic mass is 32.2. The van der Waals surface area contributed by atoms with E-state index in [9.17, 15) is 8.42 Å². The molecule has 0 spiro atoms. The first-order valence-corrected chi connectivity index (χ1v) is 6.77. The maximum absolute atomic E-state index is 12.1. The minimum Gasteiger partial charge on any atom is -0.392 e. The average Bonchev–Trinajstić information content (AvgIpc) is 2.70. The molecule has 1 atom stereocenters. The van der Waals surface area contributed by atoms with Crippen molar-refractivity contribution in [3.8, 4) is 0 Å². The van der Waals surface area contributed by atoms with Crippen molar-refractivity contribution in [2.45, 2.75) is 31.9 Å². The fourth-order valence-corrected chi connectivity index (χ4v) is 3.49. The number of rotatable bonds is 4. The van der Waals surface area contributed by atoms with E-state index in [2.05, 4.69) is 0 Å². The van der Waals surface area contributed by atoms with Crippen LogP contribution < -0.4 is 0 Å². The first kappa shape index (κ1) is 12.7. The SMILES string of the molecule is C/C(=C/CO)C(C)S(=O)(=O)N1CCCC1. The minimum atomic E-state index is -3.21. The van der Waals surface area contributed by atoms with Gasteiger partial charge in [-0.3, -0.25) is 0 Å². The fraction of sp³-hybridized carbons (Fsp3) is 0.800. The molecule has 88 valence electrons.